The molecule has 0 saturated carbocycles. The molecule has 0 spiro atoms. The molecule has 4 rings (SSSR count). The fourth-order valence-corrected chi connectivity index (χ4v) is 5.46. The SMILES string of the molecule is O=[N+]([O-])C1(c2ccccc2I)C=CC(OOOC2C=CC(c3ccccc3I)([N+](=O)[O-])C=C2)C=C1. The van der Waals surface area contributed by atoms with E-state index in [1.165, 1.54) is 48.6 Å². The minimum absolute atomic E-state index is 0.363. The van der Waals surface area contributed by atoms with E-state index >= 15 is 0 Å². The number of hydrogen-bond donors (Lipinski definition) is 0. The van der Waals surface area contributed by atoms with Crippen LogP contribution in [0.5, 0.6) is 0 Å². The molecule has 2 aromatic carbocycles. The van der Waals surface area contributed by atoms with E-state index < -0.39 is 23.3 Å². The van der Waals surface area contributed by atoms with Crippen molar-refractivity contribution in [3.8, 4) is 0 Å². The van der Waals surface area contributed by atoms with Crippen LogP contribution in [0.3, 0.4) is 0 Å². The van der Waals surface area contributed by atoms with E-state index in [1.807, 2.05) is 12.1 Å². The van der Waals surface area contributed by atoms with Gasteiger partial charge in [0.1, 0.15) is 12.2 Å². The molecule has 0 aromatic heterocycles. The van der Waals surface area contributed by atoms with Crippen LogP contribution >= 0.6 is 45.2 Å². The lowest BCUT2D eigenvalue weighted by Gasteiger charge is -2.25. The first-order chi connectivity index (χ1) is 16.8. The third-order valence-corrected chi connectivity index (χ3v) is 7.56. The average Bonchev–Trinajstić information content (AvgIpc) is 2.85. The molecule has 0 N–H and O–H groups in total. The maximum absolute atomic E-state index is 11.9. The van der Waals surface area contributed by atoms with E-state index in [2.05, 4.69) is 45.2 Å². The molecule has 0 atom stereocenters. The minimum Gasteiger partial charge on any atom is -0.263 e. The van der Waals surface area contributed by atoms with Gasteiger partial charge in [-0.15, -0.1) is 0 Å². The summed E-state index contributed by atoms with van der Waals surface area (Å²) in [5.74, 6) is 0. The van der Waals surface area contributed by atoms with Gasteiger partial charge < -0.3 is 0 Å². The standard InChI is InChI=1S/C24H18I2N2O7/c25-21-7-3-1-5-19(21)23(27(29)30)13-9-17(10-14-23)33-35-34-18-11-15-24(16-12-18,28(31)32)20-6-2-4-8-22(20)26/h1-18H. The second-order valence-corrected chi connectivity index (χ2v) is 10.1. The van der Waals surface area contributed by atoms with Gasteiger partial charge in [-0.05, 0) is 81.6 Å². The molecule has 0 radical (unpaired) electrons. The highest BCUT2D eigenvalue weighted by atomic mass is 127. The number of hydrogen-bond acceptors (Lipinski definition) is 7. The monoisotopic (exact) mass is 700 g/mol. The zero-order valence-electron chi connectivity index (χ0n) is 17.9. The second-order valence-electron chi connectivity index (χ2n) is 7.75. The van der Waals surface area contributed by atoms with Crippen molar-refractivity contribution in [1.82, 2.24) is 0 Å². The Kier molecular flexibility index (Phi) is 7.80. The summed E-state index contributed by atoms with van der Waals surface area (Å²) >= 11 is 4.13. The molecule has 0 aliphatic heterocycles. The van der Waals surface area contributed by atoms with E-state index in [0.29, 0.717) is 11.1 Å². The number of rotatable bonds is 8. The van der Waals surface area contributed by atoms with Gasteiger partial charge in [0, 0.05) is 41.3 Å². The van der Waals surface area contributed by atoms with Gasteiger partial charge in [0.25, 0.3) is 11.1 Å². The largest absolute Gasteiger partial charge is 0.284 e. The molecule has 11 heteroatoms. The van der Waals surface area contributed by atoms with Gasteiger partial charge in [-0.25, -0.2) is 0 Å². The van der Waals surface area contributed by atoms with Gasteiger partial charge in [-0.1, -0.05) is 41.4 Å². The fourth-order valence-electron chi connectivity index (χ4n) is 3.82. The number of halogens is 2. The summed E-state index contributed by atoms with van der Waals surface area (Å²) in [4.78, 5) is 33.5. The van der Waals surface area contributed by atoms with Crippen LogP contribution < -0.4 is 0 Å². The van der Waals surface area contributed by atoms with Gasteiger partial charge >= 0.3 is 0 Å². The van der Waals surface area contributed by atoms with Crippen molar-refractivity contribution in [3.05, 3.63) is 136 Å². The molecule has 0 bridgehead atoms. The molecule has 2 aliphatic carbocycles. The lowest BCUT2D eigenvalue weighted by molar-refractivity contribution is -0.551. The van der Waals surface area contributed by atoms with Gasteiger partial charge in [0.2, 0.25) is 0 Å². The zero-order chi connectivity index (χ0) is 25.1. The van der Waals surface area contributed by atoms with Crippen LogP contribution in [0, 0.1) is 27.4 Å². The van der Waals surface area contributed by atoms with Crippen molar-refractivity contribution in [2.75, 3.05) is 0 Å². The maximum atomic E-state index is 11.9. The fraction of sp³-hybridized carbons (Fsp3) is 0.167. The Labute approximate surface area is 227 Å². The van der Waals surface area contributed by atoms with Crippen molar-refractivity contribution in [1.29, 1.82) is 0 Å². The topological polar surface area (TPSA) is 114 Å². The molecule has 0 amide bonds. The summed E-state index contributed by atoms with van der Waals surface area (Å²) in [6.45, 7) is 0. The third-order valence-electron chi connectivity index (χ3n) is 5.68. The maximum Gasteiger partial charge on any atom is 0.284 e. The molecule has 0 fully saturated rings. The molecule has 9 nitrogen and oxygen atoms in total. The Bertz CT molecular complexity index is 1130. The normalized spacial score (nSPS) is 27.1. The highest BCUT2D eigenvalue weighted by Gasteiger charge is 2.44. The predicted octanol–water partition coefficient (Wildman–Crippen LogP) is 5.41. The van der Waals surface area contributed by atoms with E-state index in [4.69, 9.17) is 14.8 Å². The number of nitrogens with zero attached hydrogens (tertiary/aromatic N) is 2. The van der Waals surface area contributed by atoms with Gasteiger partial charge in [0.15, 0.2) is 0 Å². The Morgan fingerprint density at radius 2 is 1.00 bits per heavy atom. The average molecular weight is 700 g/mol. The summed E-state index contributed by atoms with van der Waals surface area (Å²) in [6.07, 6.45) is 10.4. The van der Waals surface area contributed by atoms with Crippen molar-refractivity contribution < 1.29 is 24.7 Å². The molecule has 35 heavy (non-hydrogen) atoms. The first-order valence-electron chi connectivity index (χ1n) is 10.3. The Balaban J connectivity index is 1.38. The quantitative estimate of drug-likeness (QED) is 0.119. The lowest BCUT2D eigenvalue weighted by Crippen LogP contribution is -2.35. The Hall–Kier alpha value is -2.46. The molecule has 0 saturated heterocycles. The number of benzene rings is 2. The van der Waals surface area contributed by atoms with Crippen LogP contribution in [0.15, 0.2) is 97.1 Å². The first-order valence-corrected chi connectivity index (χ1v) is 12.5. The van der Waals surface area contributed by atoms with Crippen LogP contribution in [0.4, 0.5) is 0 Å². The van der Waals surface area contributed by atoms with Gasteiger partial charge in [-0.3, -0.25) is 20.2 Å². The van der Waals surface area contributed by atoms with E-state index in [1.54, 1.807) is 36.4 Å². The van der Waals surface area contributed by atoms with Crippen LogP contribution in [0.25, 0.3) is 0 Å². The molecule has 180 valence electrons. The molecule has 2 aromatic rings. The summed E-state index contributed by atoms with van der Waals surface area (Å²) in [6, 6.07) is 14.2. The predicted molar refractivity (Wildman–Crippen MR) is 143 cm³/mol. The zero-order valence-corrected chi connectivity index (χ0v) is 22.2. The number of nitro groups is 2. The summed E-state index contributed by atoms with van der Waals surface area (Å²) in [5.41, 5.74) is -1.91. The highest BCUT2D eigenvalue weighted by molar-refractivity contribution is 14.1. The first kappa shape index (κ1) is 25.6. The second kappa shape index (κ2) is 10.7. The van der Waals surface area contributed by atoms with Crippen LogP contribution in [0.1, 0.15) is 11.1 Å². The Morgan fingerprint density at radius 3 is 1.31 bits per heavy atom. The smallest absolute Gasteiger partial charge is 0.263 e. The molecular formula is C24H18I2N2O7. The van der Waals surface area contributed by atoms with Crippen molar-refractivity contribution >= 4 is 45.2 Å². The van der Waals surface area contributed by atoms with E-state index in [9.17, 15) is 20.2 Å². The van der Waals surface area contributed by atoms with Crippen molar-refractivity contribution in [3.63, 3.8) is 0 Å². The Morgan fingerprint density at radius 1 is 0.657 bits per heavy atom. The molecule has 0 heterocycles. The van der Waals surface area contributed by atoms with Crippen molar-refractivity contribution in [2.24, 2.45) is 0 Å². The summed E-state index contributed by atoms with van der Waals surface area (Å²) in [5, 5.41) is 28.7. The molecular weight excluding hydrogens is 682 g/mol. The minimum atomic E-state index is -1.51. The van der Waals surface area contributed by atoms with E-state index in [-0.39, 0.29) is 9.85 Å². The highest BCUT2D eigenvalue weighted by Crippen LogP contribution is 2.36. The van der Waals surface area contributed by atoms with Crippen LogP contribution in [0.2, 0.25) is 0 Å². The van der Waals surface area contributed by atoms with Crippen LogP contribution in [-0.4, -0.2) is 22.1 Å². The van der Waals surface area contributed by atoms with Gasteiger partial charge in [-0.2, -0.15) is 9.78 Å². The third kappa shape index (κ3) is 5.09. The van der Waals surface area contributed by atoms with E-state index in [0.717, 1.165) is 7.14 Å². The molecule has 0 unspecified atom stereocenters. The summed E-state index contributed by atoms with van der Waals surface area (Å²) < 4.78 is 1.53. The molecule has 2 aliphatic rings. The van der Waals surface area contributed by atoms with Crippen molar-refractivity contribution in [2.45, 2.75) is 23.3 Å². The summed E-state index contributed by atoms with van der Waals surface area (Å²) in [7, 11) is 0. The van der Waals surface area contributed by atoms with Crippen LogP contribution in [-0.2, 0) is 25.9 Å². The van der Waals surface area contributed by atoms with Gasteiger partial charge in [0.05, 0.1) is 11.1 Å². The lowest BCUT2D eigenvalue weighted by atomic mass is 9.86.